The first-order valence-corrected chi connectivity index (χ1v) is 7.69. The zero-order valence-electron chi connectivity index (χ0n) is 14.2. The van der Waals surface area contributed by atoms with Gasteiger partial charge in [0.15, 0.2) is 0 Å². The van der Waals surface area contributed by atoms with E-state index in [0.717, 1.165) is 18.3 Å². The van der Waals surface area contributed by atoms with Crippen LogP contribution in [0.2, 0.25) is 0 Å². The summed E-state index contributed by atoms with van der Waals surface area (Å²) in [6.07, 6.45) is -7.90. The average Bonchev–Trinajstić information content (AvgIpc) is 2.65. The summed E-state index contributed by atoms with van der Waals surface area (Å²) in [5, 5.41) is 19.5. The second kappa shape index (κ2) is 9.02. The third-order valence-electron chi connectivity index (χ3n) is 3.38. The number of nitrogens with one attached hydrogen (secondary N) is 1. The Bertz CT molecular complexity index is 903. The van der Waals surface area contributed by atoms with Gasteiger partial charge in [0, 0.05) is 12.4 Å². The zero-order valence-corrected chi connectivity index (χ0v) is 14.2. The van der Waals surface area contributed by atoms with Crippen LogP contribution in [0.3, 0.4) is 0 Å². The third-order valence-corrected chi connectivity index (χ3v) is 3.38. The summed E-state index contributed by atoms with van der Waals surface area (Å²) in [6.45, 7) is -3.68. The van der Waals surface area contributed by atoms with E-state index in [-0.39, 0.29) is 15.9 Å². The minimum atomic E-state index is -4.68. The van der Waals surface area contributed by atoms with E-state index in [2.05, 4.69) is 20.0 Å². The molecule has 0 radical (unpaired) electrons. The number of hydrogen-bond donors (Lipinski definition) is 3. The number of aliphatic hydroxyl groups is 2. The van der Waals surface area contributed by atoms with Crippen LogP contribution in [0.25, 0.3) is 0 Å². The standard InChI is InChI=1S/C15H13F5N4O5/c16-11(26)8(6-25)29-13(17)24-4-3-10(23-14(24)28)22-12(27)7-1-2-9(21-5-7)15(18,19)20/h1-5,8,11,13,25-26H,6H2,(H,22,23,27,28)/t8-,11-,13-/m1/s1. The van der Waals surface area contributed by atoms with Gasteiger partial charge in [-0.05, 0) is 18.2 Å². The fourth-order valence-corrected chi connectivity index (χ4v) is 1.93. The zero-order chi connectivity index (χ0) is 21.8. The molecule has 1 amide bonds. The molecule has 9 nitrogen and oxygen atoms in total. The van der Waals surface area contributed by atoms with Crippen molar-refractivity contribution in [2.75, 3.05) is 11.9 Å². The number of alkyl halides is 5. The number of aromatic nitrogens is 3. The molecule has 29 heavy (non-hydrogen) atoms. The van der Waals surface area contributed by atoms with Crippen molar-refractivity contribution < 1.29 is 41.7 Å². The molecular formula is C15H13F5N4O5. The van der Waals surface area contributed by atoms with E-state index in [9.17, 15) is 31.5 Å². The van der Waals surface area contributed by atoms with E-state index in [4.69, 9.17) is 10.2 Å². The van der Waals surface area contributed by atoms with E-state index in [1.54, 1.807) is 0 Å². The molecule has 0 fully saturated rings. The smallest absolute Gasteiger partial charge is 0.393 e. The summed E-state index contributed by atoms with van der Waals surface area (Å²) >= 11 is 0. The summed E-state index contributed by atoms with van der Waals surface area (Å²) in [5.41, 5.74) is -2.76. The van der Waals surface area contributed by atoms with Crippen molar-refractivity contribution in [1.29, 1.82) is 0 Å². The second-order valence-corrected chi connectivity index (χ2v) is 5.41. The molecule has 0 saturated heterocycles. The van der Waals surface area contributed by atoms with Crippen molar-refractivity contribution in [3.63, 3.8) is 0 Å². The lowest BCUT2D eigenvalue weighted by atomic mass is 10.2. The summed E-state index contributed by atoms with van der Waals surface area (Å²) in [5.74, 6) is -1.31. The highest BCUT2D eigenvalue weighted by Crippen LogP contribution is 2.27. The van der Waals surface area contributed by atoms with Gasteiger partial charge in [-0.2, -0.15) is 22.5 Å². The molecule has 2 heterocycles. The van der Waals surface area contributed by atoms with E-state index in [0.29, 0.717) is 12.3 Å². The number of carbonyl (C=O) groups excluding carboxylic acids is 1. The molecule has 0 unspecified atom stereocenters. The molecule has 0 spiro atoms. The molecular weight excluding hydrogens is 411 g/mol. The van der Waals surface area contributed by atoms with Crippen molar-refractivity contribution in [2.24, 2.45) is 0 Å². The van der Waals surface area contributed by atoms with Gasteiger partial charge in [-0.1, -0.05) is 0 Å². The lowest BCUT2D eigenvalue weighted by Gasteiger charge is -2.19. The van der Waals surface area contributed by atoms with Crippen LogP contribution in [0.15, 0.2) is 35.4 Å². The summed E-state index contributed by atoms with van der Waals surface area (Å²) in [4.78, 5) is 30.2. The molecule has 2 rings (SSSR count). The minimum Gasteiger partial charge on any atom is -0.393 e. The number of carbonyl (C=O) groups is 1. The van der Waals surface area contributed by atoms with Crippen LogP contribution < -0.4 is 11.0 Å². The Morgan fingerprint density at radius 2 is 1.97 bits per heavy atom. The number of anilines is 1. The van der Waals surface area contributed by atoms with E-state index in [1.807, 2.05) is 0 Å². The van der Waals surface area contributed by atoms with Crippen molar-refractivity contribution >= 4 is 11.7 Å². The van der Waals surface area contributed by atoms with Gasteiger partial charge in [-0.3, -0.25) is 9.78 Å². The number of aliphatic hydroxyl groups excluding tert-OH is 2. The number of hydrogen-bond acceptors (Lipinski definition) is 7. The highest BCUT2D eigenvalue weighted by atomic mass is 19.4. The maximum absolute atomic E-state index is 13.9. The molecule has 3 N–H and O–H groups in total. The monoisotopic (exact) mass is 424 g/mol. The Kier molecular flexibility index (Phi) is 6.94. The van der Waals surface area contributed by atoms with E-state index in [1.165, 1.54) is 0 Å². The van der Waals surface area contributed by atoms with Crippen molar-refractivity contribution in [2.45, 2.75) is 25.1 Å². The van der Waals surface area contributed by atoms with Crippen molar-refractivity contribution in [1.82, 2.24) is 14.5 Å². The van der Waals surface area contributed by atoms with Gasteiger partial charge in [-0.15, -0.1) is 0 Å². The van der Waals surface area contributed by atoms with Gasteiger partial charge in [0.25, 0.3) is 12.4 Å². The molecule has 14 heteroatoms. The molecule has 0 aliphatic heterocycles. The number of ether oxygens (including phenoxy) is 1. The van der Waals surface area contributed by atoms with E-state index >= 15 is 0 Å². The lowest BCUT2D eigenvalue weighted by molar-refractivity contribution is -0.202. The van der Waals surface area contributed by atoms with Gasteiger partial charge in [0.2, 0.25) is 6.36 Å². The van der Waals surface area contributed by atoms with E-state index < -0.39 is 49.0 Å². The molecule has 3 atom stereocenters. The summed E-state index contributed by atoms with van der Waals surface area (Å²) in [7, 11) is 0. The van der Waals surface area contributed by atoms with Crippen LogP contribution in [-0.4, -0.2) is 49.7 Å². The quantitative estimate of drug-likeness (QED) is 0.566. The SMILES string of the molecule is O=C(Nc1ccn([C@@H](F)O[C@H](CO)[C@@H](O)F)c(=O)n1)c1ccc(C(F)(F)F)nc1. The Balaban J connectivity index is 2.10. The normalized spacial score (nSPS) is 14.9. The molecule has 0 aromatic carbocycles. The van der Waals surface area contributed by atoms with Crippen LogP contribution in [0.4, 0.5) is 27.8 Å². The highest BCUT2D eigenvalue weighted by Gasteiger charge is 2.32. The number of nitrogens with zero attached hydrogens (tertiary/aromatic N) is 3. The Morgan fingerprint density at radius 3 is 2.45 bits per heavy atom. The number of amides is 1. The van der Waals surface area contributed by atoms with Crippen LogP contribution in [-0.2, 0) is 10.9 Å². The molecule has 0 aliphatic carbocycles. The predicted molar refractivity (Wildman–Crippen MR) is 84.9 cm³/mol. The minimum absolute atomic E-state index is 0.236. The third kappa shape index (κ3) is 5.75. The van der Waals surface area contributed by atoms with Crippen LogP contribution in [0.1, 0.15) is 22.5 Å². The topological polar surface area (TPSA) is 127 Å². The van der Waals surface area contributed by atoms with Crippen LogP contribution in [0, 0.1) is 0 Å². The van der Waals surface area contributed by atoms with Gasteiger partial charge in [-0.25, -0.2) is 13.8 Å². The predicted octanol–water partition coefficient (Wildman–Crippen LogP) is 1.00. The maximum atomic E-state index is 13.9. The number of rotatable bonds is 7. The average molecular weight is 424 g/mol. The van der Waals surface area contributed by atoms with Gasteiger partial charge < -0.3 is 20.3 Å². The largest absolute Gasteiger partial charge is 0.433 e. The first-order valence-electron chi connectivity index (χ1n) is 7.69. The first-order chi connectivity index (χ1) is 13.5. The van der Waals surface area contributed by atoms with Gasteiger partial charge in [0.05, 0.1) is 12.2 Å². The number of pyridine rings is 1. The summed E-state index contributed by atoms with van der Waals surface area (Å²) in [6, 6.07) is 2.39. The molecule has 158 valence electrons. The van der Waals surface area contributed by atoms with Gasteiger partial charge >= 0.3 is 11.9 Å². The highest BCUT2D eigenvalue weighted by molar-refractivity contribution is 6.03. The lowest BCUT2D eigenvalue weighted by Crippen LogP contribution is -2.34. The molecule has 2 aromatic rings. The fraction of sp³-hybridized carbons (Fsp3) is 0.333. The van der Waals surface area contributed by atoms with Gasteiger partial charge in [0.1, 0.15) is 17.6 Å². The Labute approximate surface area is 158 Å². The van der Waals surface area contributed by atoms with Crippen molar-refractivity contribution in [3.05, 3.63) is 52.3 Å². The fourth-order valence-electron chi connectivity index (χ4n) is 1.93. The molecule has 0 saturated carbocycles. The first kappa shape index (κ1) is 22.3. The second-order valence-electron chi connectivity index (χ2n) is 5.41. The molecule has 2 aromatic heterocycles. The van der Waals surface area contributed by atoms with Crippen LogP contribution in [0.5, 0.6) is 0 Å². The Morgan fingerprint density at radius 1 is 1.28 bits per heavy atom. The van der Waals surface area contributed by atoms with Crippen LogP contribution >= 0.6 is 0 Å². The summed E-state index contributed by atoms with van der Waals surface area (Å²) < 4.78 is 68.6. The molecule has 0 aliphatic rings. The maximum Gasteiger partial charge on any atom is 0.433 e. The Hall–Kier alpha value is -2.97. The molecule has 0 bridgehead atoms. The van der Waals surface area contributed by atoms with Crippen molar-refractivity contribution in [3.8, 4) is 0 Å². The number of halogens is 5.